The molecule has 7 nitrogen and oxygen atoms in total. The van der Waals surface area contributed by atoms with Crippen molar-refractivity contribution in [2.24, 2.45) is 0 Å². The number of rotatable bonds is 5. The van der Waals surface area contributed by atoms with Crippen LogP contribution in [0.1, 0.15) is 17.0 Å². The van der Waals surface area contributed by atoms with Crippen LogP contribution in [0.3, 0.4) is 0 Å². The van der Waals surface area contributed by atoms with Gasteiger partial charge in [0.15, 0.2) is 11.0 Å². The Labute approximate surface area is 184 Å². The summed E-state index contributed by atoms with van der Waals surface area (Å²) in [5.74, 6) is -0.419. The van der Waals surface area contributed by atoms with Gasteiger partial charge in [0.1, 0.15) is 11.2 Å². The van der Waals surface area contributed by atoms with Gasteiger partial charge in [-0.15, -0.1) is 0 Å². The van der Waals surface area contributed by atoms with Crippen LogP contribution in [0.5, 0.6) is 0 Å². The van der Waals surface area contributed by atoms with Crippen LogP contribution in [0.2, 0.25) is 5.15 Å². The van der Waals surface area contributed by atoms with Crippen LogP contribution >= 0.6 is 11.6 Å². The lowest BCUT2D eigenvalue weighted by Gasteiger charge is -2.36. The minimum Gasteiger partial charge on any atom is -0.387 e. The highest BCUT2D eigenvalue weighted by Gasteiger charge is 2.21. The number of piperazine rings is 1. The monoisotopic (exact) mass is 442 g/mol. The van der Waals surface area contributed by atoms with E-state index in [1.807, 2.05) is 12.1 Å². The zero-order chi connectivity index (χ0) is 22.1. The van der Waals surface area contributed by atoms with Crippen molar-refractivity contribution in [3.63, 3.8) is 0 Å². The zero-order valence-corrected chi connectivity index (χ0v) is 18.3. The highest BCUT2D eigenvalue weighted by atomic mass is 35.5. The van der Waals surface area contributed by atoms with Gasteiger partial charge in [0.25, 0.3) is 5.56 Å². The van der Waals surface area contributed by atoms with Crippen molar-refractivity contribution in [2.75, 3.05) is 38.1 Å². The highest BCUT2D eigenvalue weighted by Crippen LogP contribution is 2.27. The summed E-state index contributed by atoms with van der Waals surface area (Å²) in [7, 11) is 1.79. The Morgan fingerprint density at radius 2 is 1.97 bits per heavy atom. The lowest BCUT2D eigenvalue weighted by atomic mass is 10.1. The summed E-state index contributed by atoms with van der Waals surface area (Å²) >= 11 is 6.41. The highest BCUT2D eigenvalue weighted by molar-refractivity contribution is 6.32. The van der Waals surface area contributed by atoms with Gasteiger partial charge in [-0.3, -0.25) is 9.69 Å². The Morgan fingerprint density at radius 3 is 2.65 bits per heavy atom. The van der Waals surface area contributed by atoms with E-state index in [4.69, 9.17) is 11.6 Å². The molecule has 1 fully saturated rings. The van der Waals surface area contributed by atoms with Crippen LogP contribution in [0.15, 0.2) is 35.6 Å². The number of nitrogens with zero attached hydrogens (tertiary/aromatic N) is 4. The summed E-state index contributed by atoms with van der Waals surface area (Å²) in [6, 6.07) is 7.34. The number of aryl methyl sites for hydroxylation is 1. The molecular weight excluding hydrogens is 419 g/mol. The third kappa shape index (κ3) is 4.26. The summed E-state index contributed by atoms with van der Waals surface area (Å²) in [5, 5.41) is 3.41. The van der Waals surface area contributed by atoms with Crippen molar-refractivity contribution in [2.45, 2.75) is 13.5 Å². The van der Waals surface area contributed by atoms with Gasteiger partial charge in [0.05, 0.1) is 22.6 Å². The number of aromatic nitrogens is 3. The maximum Gasteiger partial charge on any atom is 0.269 e. The molecule has 3 aromatic rings. The number of hydrogen-bond acceptors (Lipinski definition) is 6. The first kappa shape index (κ1) is 21.3. The van der Waals surface area contributed by atoms with Crippen molar-refractivity contribution in [3.05, 3.63) is 69.1 Å². The molecule has 0 atom stereocenters. The van der Waals surface area contributed by atoms with E-state index >= 15 is 0 Å². The Hall–Kier alpha value is -2.97. The van der Waals surface area contributed by atoms with E-state index in [1.54, 1.807) is 26.1 Å². The van der Waals surface area contributed by atoms with Gasteiger partial charge in [0, 0.05) is 45.3 Å². The van der Waals surface area contributed by atoms with E-state index in [0.29, 0.717) is 39.9 Å². The lowest BCUT2D eigenvalue weighted by Crippen LogP contribution is -2.46. The van der Waals surface area contributed by atoms with Gasteiger partial charge in [0.2, 0.25) is 0 Å². The number of halogens is 2. The molecule has 1 saturated heterocycles. The average Bonchev–Trinajstić information content (AvgIpc) is 2.77. The Bertz CT molecular complexity index is 1200. The number of H-pyrrole nitrogens is 1. The van der Waals surface area contributed by atoms with E-state index in [9.17, 15) is 9.18 Å². The van der Waals surface area contributed by atoms with E-state index in [1.165, 1.54) is 0 Å². The molecular formula is C22H24ClFN6O. The summed E-state index contributed by atoms with van der Waals surface area (Å²) in [6.07, 6.45) is 0. The van der Waals surface area contributed by atoms with Crippen molar-refractivity contribution in [3.8, 4) is 0 Å². The molecule has 0 saturated carbocycles. The molecule has 0 radical (unpaired) electrons. The largest absolute Gasteiger partial charge is 0.387 e. The number of aromatic amines is 1. The molecule has 0 unspecified atom stereocenters. The lowest BCUT2D eigenvalue weighted by molar-refractivity contribution is 0.247. The van der Waals surface area contributed by atoms with Crippen LogP contribution in [-0.2, 0) is 6.54 Å². The maximum atomic E-state index is 15.0. The van der Waals surface area contributed by atoms with Crippen molar-refractivity contribution in [1.82, 2.24) is 25.2 Å². The molecule has 0 spiro atoms. The third-order valence-corrected chi connectivity index (χ3v) is 5.88. The predicted octanol–water partition coefficient (Wildman–Crippen LogP) is 2.93. The van der Waals surface area contributed by atoms with Crippen molar-refractivity contribution in [1.29, 1.82) is 0 Å². The summed E-state index contributed by atoms with van der Waals surface area (Å²) in [6.45, 7) is 8.97. The Kier molecular flexibility index (Phi) is 5.93. The third-order valence-electron chi connectivity index (χ3n) is 5.60. The van der Waals surface area contributed by atoms with E-state index in [2.05, 4.69) is 36.6 Å². The van der Waals surface area contributed by atoms with Crippen molar-refractivity contribution < 1.29 is 4.39 Å². The van der Waals surface area contributed by atoms with E-state index < -0.39 is 5.82 Å². The molecule has 162 valence electrons. The quantitative estimate of drug-likeness (QED) is 0.592. The molecule has 1 aliphatic rings. The second-order valence-corrected chi connectivity index (χ2v) is 7.94. The molecule has 2 aromatic heterocycles. The second-order valence-electron chi connectivity index (χ2n) is 7.58. The molecule has 9 heteroatoms. The van der Waals surface area contributed by atoms with Crippen LogP contribution < -0.4 is 15.8 Å². The molecule has 31 heavy (non-hydrogen) atoms. The number of anilines is 1. The molecule has 1 aliphatic heterocycles. The summed E-state index contributed by atoms with van der Waals surface area (Å²) in [4.78, 5) is 27.4. The van der Waals surface area contributed by atoms with Gasteiger partial charge in [-0.2, -0.15) is 0 Å². The Morgan fingerprint density at radius 1 is 1.23 bits per heavy atom. The molecule has 3 heterocycles. The first-order valence-corrected chi connectivity index (χ1v) is 10.4. The van der Waals surface area contributed by atoms with Gasteiger partial charge in [-0.1, -0.05) is 24.2 Å². The average molecular weight is 443 g/mol. The molecule has 0 bridgehead atoms. The summed E-state index contributed by atoms with van der Waals surface area (Å²) in [5.41, 5.74) is 3.41. The zero-order valence-electron chi connectivity index (χ0n) is 17.5. The molecule has 4 rings (SSSR count). The normalized spacial score (nSPS) is 14.8. The smallest absolute Gasteiger partial charge is 0.269 e. The Balaban J connectivity index is 1.45. The van der Waals surface area contributed by atoms with Crippen LogP contribution in [0.25, 0.3) is 16.7 Å². The summed E-state index contributed by atoms with van der Waals surface area (Å²) < 4.78 is 15.0. The van der Waals surface area contributed by atoms with Gasteiger partial charge in [-0.05, 0) is 25.1 Å². The fourth-order valence-electron chi connectivity index (χ4n) is 3.73. The topological polar surface area (TPSA) is 77.1 Å². The molecule has 2 N–H and O–H groups in total. The standard InChI is InChI=1S/C22H24ClFN6O/c1-13(25-3)16-6-7-18(21(23)27-16)30-10-8-29(9-11-30)12-15-4-5-17-20(19(15)24)28-22(31)14(2)26-17/h4-7,25H,1,8-12H2,2-3H3,(H,28,31). The molecule has 1 aromatic carbocycles. The van der Waals surface area contributed by atoms with Gasteiger partial charge in [-0.25, -0.2) is 14.4 Å². The number of hydrogen-bond donors (Lipinski definition) is 2. The number of fused-ring (bicyclic) bond motifs is 1. The number of benzene rings is 1. The van der Waals surface area contributed by atoms with Crippen molar-refractivity contribution >= 4 is 34.0 Å². The predicted molar refractivity (Wildman–Crippen MR) is 122 cm³/mol. The molecule has 0 amide bonds. The SMILES string of the molecule is C=C(NC)c1ccc(N2CCN(Cc3ccc4nc(C)c(=O)[nH]c4c3F)CC2)c(Cl)n1. The van der Waals surface area contributed by atoms with E-state index in [0.717, 1.165) is 31.9 Å². The fourth-order valence-corrected chi connectivity index (χ4v) is 4.00. The van der Waals surface area contributed by atoms with Crippen LogP contribution in [0, 0.1) is 12.7 Å². The van der Waals surface area contributed by atoms with Gasteiger partial charge < -0.3 is 15.2 Å². The fraction of sp³-hybridized carbons (Fsp3) is 0.318. The van der Waals surface area contributed by atoms with Gasteiger partial charge >= 0.3 is 0 Å². The second kappa shape index (κ2) is 8.64. The number of pyridine rings is 1. The first-order chi connectivity index (χ1) is 14.9. The first-order valence-electron chi connectivity index (χ1n) is 10.1. The maximum absolute atomic E-state index is 15.0. The van der Waals surface area contributed by atoms with Crippen LogP contribution in [0.4, 0.5) is 10.1 Å². The van der Waals surface area contributed by atoms with E-state index in [-0.39, 0.29) is 11.1 Å². The molecule has 0 aliphatic carbocycles. The minimum atomic E-state index is -0.419. The minimum absolute atomic E-state index is 0.160. The number of nitrogens with one attached hydrogen (secondary N) is 2. The van der Waals surface area contributed by atoms with Crippen LogP contribution in [-0.4, -0.2) is 53.1 Å².